The largest absolute Gasteiger partial charge is 0.478 e. The molecule has 0 amide bonds. The molecule has 0 aliphatic rings. The zero-order valence-electron chi connectivity index (χ0n) is 7.75. The smallest absolute Gasteiger partial charge is 0.336 e. The van der Waals surface area contributed by atoms with Crippen molar-refractivity contribution in [3.05, 3.63) is 46.2 Å². The Kier molecular flexibility index (Phi) is 2.73. The number of thiazole rings is 1. The van der Waals surface area contributed by atoms with E-state index < -0.39 is 5.97 Å². The molecule has 15 heavy (non-hydrogen) atoms. The molecule has 2 heterocycles. The molecule has 0 bridgehead atoms. The molecule has 0 fully saturated rings. The quantitative estimate of drug-likeness (QED) is 0.857. The van der Waals surface area contributed by atoms with Gasteiger partial charge in [0.2, 0.25) is 0 Å². The van der Waals surface area contributed by atoms with E-state index in [0.717, 1.165) is 5.01 Å². The second-order valence-corrected chi connectivity index (χ2v) is 3.92. The number of hydrogen-bond acceptors (Lipinski definition) is 4. The number of aromatic nitrogens is 2. The fraction of sp³-hybridized carbons (Fsp3) is 0.100. The molecule has 76 valence electrons. The average molecular weight is 220 g/mol. The van der Waals surface area contributed by atoms with E-state index in [1.165, 1.54) is 23.6 Å². The zero-order chi connectivity index (χ0) is 10.7. The molecule has 0 atom stereocenters. The van der Waals surface area contributed by atoms with Crippen LogP contribution in [0.4, 0.5) is 0 Å². The van der Waals surface area contributed by atoms with Crippen LogP contribution in [0.15, 0.2) is 30.0 Å². The highest BCUT2D eigenvalue weighted by atomic mass is 32.1. The molecule has 4 nitrogen and oxygen atoms in total. The Balaban J connectivity index is 2.32. The highest BCUT2D eigenvalue weighted by Crippen LogP contribution is 2.14. The molecule has 0 aliphatic carbocycles. The Bertz CT molecular complexity index is 468. The van der Waals surface area contributed by atoms with Crippen LogP contribution in [0.1, 0.15) is 20.9 Å². The summed E-state index contributed by atoms with van der Waals surface area (Å²) in [6.45, 7) is 0. The molecular formula is C10H8N2O2S. The summed E-state index contributed by atoms with van der Waals surface area (Å²) in [7, 11) is 0. The van der Waals surface area contributed by atoms with Crippen LogP contribution in [-0.4, -0.2) is 21.0 Å². The van der Waals surface area contributed by atoms with E-state index in [-0.39, 0.29) is 0 Å². The van der Waals surface area contributed by atoms with E-state index in [1.807, 2.05) is 5.38 Å². The summed E-state index contributed by atoms with van der Waals surface area (Å²) >= 11 is 1.51. The van der Waals surface area contributed by atoms with E-state index >= 15 is 0 Å². The zero-order valence-corrected chi connectivity index (χ0v) is 8.57. The van der Waals surface area contributed by atoms with Crippen LogP contribution in [0.2, 0.25) is 0 Å². The number of pyridine rings is 1. The number of carboxylic acid groups (broad SMARTS) is 1. The maximum absolute atomic E-state index is 10.9. The first-order chi connectivity index (χ1) is 7.27. The summed E-state index contributed by atoms with van der Waals surface area (Å²) in [4.78, 5) is 18.9. The van der Waals surface area contributed by atoms with E-state index in [2.05, 4.69) is 9.97 Å². The van der Waals surface area contributed by atoms with Gasteiger partial charge in [-0.2, -0.15) is 0 Å². The summed E-state index contributed by atoms with van der Waals surface area (Å²) < 4.78 is 0. The van der Waals surface area contributed by atoms with Gasteiger partial charge in [-0.3, -0.25) is 4.98 Å². The van der Waals surface area contributed by atoms with E-state index in [0.29, 0.717) is 17.5 Å². The van der Waals surface area contributed by atoms with Gasteiger partial charge in [0.25, 0.3) is 0 Å². The third-order valence-corrected chi connectivity index (χ3v) is 2.74. The van der Waals surface area contributed by atoms with Crippen molar-refractivity contribution in [2.24, 2.45) is 0 Å². The SMILES string of the molecule is O=C(O)c1ccncc1Cc1nccs1. The van der Waals surface area contributed by atoms with Gasteiger partial charge < -0.3 is 5.11 Å². The lowest BCUT2D eigenvalue weighted by Crippen LogP contribution is -2.03. The number of nitrogens with zero attached hydrogens (tertiary/aromatic N) is 2. The van der Waals surface area contributed by atoms with Crippen molar-refractivity contribution in [2.45, 2.75) is 6.42 Å². The molecule has 0 unspecified atom stereocenters. The van der Waals surface area contributed by atoms with Crippen molar-refractivity contribution >= 4 is 17.3 Å². The highest BCUT2D eigenvalue weighted by Gasteiger charge is 2.10. The van der Waals surface area contributed by atoms with Crippen LogP contribution >= 0.6 is 11.3 Å². The Morgan fingerprint density at radius 2 is 2.33 bits per heavy atom. The van der Waals surface area contributed by atoms with Crippen molar-refractivity contribution in [1.29, 1.82) is 0 Å². The average Bonchev–Trinajstić information content (AvgIpc) is 2.71. The number of carbonyl (C=O) groups is 1. The Morgan fingerprint density at radius 3 is 3.00 bits per heavy atom. The fourth-order valence-electron chi connectivity index (χ4n) is 1.28. The first-order valence-electron chi connectivity index (χ1n) is 4.32. The van der Waals surface area contributed by atoms with Crippen LogP contribution in [0.25, 0.3) is 0 Å². The minimum absolute atomic E-state index is 0.292. The maximum atomic E-state index is 10.9. The Morgan fingerprint density at radius 1 is 1.47 bits per heavy atom. The van der Waals surface area contributed by atoms with Gasteiger partial charge in [-0.25, -0.2) is 9.78 Å². The predicted octanol–water partition coefficient (Wildman–Crippen LogP) is 1.83. The van der Waals surface area contributed by atoms with Crippen LogP contribution in [0.3, 0.4) is 0 Å². The molecule has 0 saturated heterocycles. The molecular weight excluding hydrogens is 212 g/mol. The Labute approximate surface area is 90.3 Å². The minimum Gasteiger partial charge on any atom is -0.478 e. The van der Waals surface area contributed by atoms with Crippen LogP contribution in [0, 0.1) is 0 Å². The standard InChI is InChI=1S/C10H8N2O2S/c13-10(14)8-1-2-11-6-7(8)5-9-12-3-4-15-9/h1-4,6H,5H2,(H,13,14). The van der Waals surface area contributed by atoms with E-state index in [9.17, 15) is 4.79 Å². The lowest BCUT2D eigenvalue weighted by molar-refractivity contribution is 0.0695. The lowest BCUT2D eigenvalue weighted by Gasteiger charge is -2.02. The summed E-state index contributed by atoms with van der Waals surface area (Å²) in [5.74, 6) is -0.927. The van der Waals surface area contributed by atoms with E-state index in [1.54, 1.807) is 12.4 Å². The maximum Gasteiger partial charge on any atom is 0.336 e. The second kappa shape index (κ2) is 4.18. The summed E-state index contributed by atoms with van der Waals surface area (Å²) in [5, 5.41) is 11.7. The van der Waals surface area contributed by atoms with Gasteiger partial charge >= 0.3 is 5.97 Å². The van der Waals surface area contributed by atoms with Gasteiger partial charge in [0.15, 0.2) is 0 Å². The molecule has 2 rings (SSSR count). The van der Waals surface area contributed by atoms with Crippen molar-refractivity contribution in [3.63, 3.8) is 0 Å². The molecule has 0 spiro atoms. The van der Waals surface area contributed by atoms with Gasteiger partial charge in [0, 0.05) is 30.4 Å². The van der Waals surface area contributed by atoms with Gasteiger partial charge in [0.1, 0.15) is 0 Å². The monoisotopic (exact) mass is 220 g/mol. The summed E-state index contributed by atoms with van der Waals surface area (Å²) in [5.41, 5.74) is 0.986. The van der Waals surface area contributed by atoms with Gasteiger partial charge in [0.05, 0.1) is 10.6 Å². The van der Waals surface area contributed by atoms with Crippen molar-refractivity contribution in [1.82, 2.24) is 9.97 Å². The van der Waals surface area contributed by atoms with Crippen LogP contribution < -0.4 is 0 Å². The topological polar surface area (TPSA) is 63.1 Å². The number of aromatic carboxylic acids is 1. The van der Waals surface area contributed by atoms with Gasteiger partial charge in [-0.1, -0.05) is 0 Å². The van der Waals surface area contributed by atoms with E-state index in [4.69, 9.17) is 5.11 Å². The van der Waals surface area contributed by atoms with Crippen LogP contribution in [0.5, 0.6) is 0 Å². The normalized spacial score (nSPS) is 10.1. The predicted molar refractivity (Wildman–Crippen MR) is 56.1 cm³/mol. The fourth-order valence-corrected chi connectivity index (χ4v) is 1.92. The molecule has 2 aromatic rings. The molecule has 0 saturated carbocycles. The summed E-state index contributed by atoms with van der Waals surface area (Å²) in [6.07, 6.45) is 5.28. The third-order valence-electron chi connectivity index (χ3n) is 1.96. The molecule has 0 aliphatic heterocycles. The first-order valence-corrected chi connectivity index (χ1v) is 5.20. The van der Waals surface area contributed by atoms with Crippen LogP contribution in [-0.2, 0) is 6.42 Å². The number of hydrogen-bond donors (Lipinski definition) is 1. The number of carboxylic acids is 1. The van der Waals surface area contributed by atoms with Crippen molar-refractivity contribution in [2.75, 3.05) is 0 Å². The van der Waals surface area contributed by atoms with Crippen molar-refractivity contribution in [3.8, 4) is 0 Å². The molecule has 2 aromatic heterocycles. The third kappa shape index (κ3) is 2.19. The lowest BCUT2D eigenvalue weighted by atomic mass is 10.1. The summed E-state index contributed by atoms with van der Waals surface area (Å²) in [6, 6.07) is 1.51. The highest BCUT2D eigenvalue weighted by molar-refractivity contribution is 7.09. The molecule has 0 radical (unpaired) electrons. The van der Waals surface area contributed by atoms with Gasteiger partial charge in [-0.05, 0) is 11.6 Å². The minimum atomic E-state index is -0.927. The van der Waals surface area contributed by atoms with Gasteiger partial charge in [-0.15, -0.1) is 11.3 Å². The molecule has 1 N–H and O–H groups in total. The molecule has 5 heteroatoms. The number of rotatable bonds is 3. The second-order valence-electron chi connectivity index (χ2n) is 2.94. The molecule has 0 aromatic carbocycles. The first kappa shape index (κ1) is 9.79. The Hall–Kier alpha value is -1.75. The van der Waals surface area contributed by atoms with Crippen molar-refractivity contribution < 1.29 is 9.90 Å².